The summed E-state index contributed by atoms with van der Waals surface area (Å²) in [5, 5.41) is 10.7. The van der Waals surface area contributed by atoms with Crippen LogP contribution < -0.4 is 0 Å². The van der Waals surface area contributed by atoms with Gasteiger partial charge in [-0.15, -0.1) is 11.3 Å². The summed E-state index contributed by atoms with van der Waals surface area (Å²) in [5.41, 5.74) is 1.02. The minimum atomic E-state index is -0.726. The van der Waals surface area contributed by atoms with Crippen molar-refractivity contribution in [3.63, 3.8) is 0 Å². The van der Waals surface area contributed by atoms with Gasteiger partial charge in [-0.05, 0) is 42.2 Å². The molecule has 0 saturated heterocycles. The Morgan fingerprint density at radius 2 is 2.38 bits per heavy atom. The van der Waals surface area contributed by atoms with Crippen molar-refractivity contribution in [2.45, 2.75) is 25.7 Å². The molecule has 1 heterocycles. The third-order valence-corrected chi connectivity index (χ3v) is 3.34. The van der Waals surface area contributed by atoms with E-state index in [0.29, 0.717) is 0 Å². The van der Waals surface area contributed by atoms with Crippen LogP contribution in [-0.4, -0.2) is 11.1 Å². The van der Waals surface area contributed by atoms with E-state index in [2.05, 4.69) is 0 Å². The third kappa shape index (κ3) is 2.31. The summed E-state index contributed by atoms with van der Waals surface area (Å²) in [7, 11) is 0. The zero-order valence-corrected chi connectivity index (χ0v) is 8.14. The van der Waals surface area contributed by atoms with Crippen LogP contribution in [0.5, 0.6) is 0 Å². The first-order valence-corrected chi connectivity index (χ1v) is 5.40. The molecule has 1 N–H and O–H groups in total. The lowest BCUT2D eigenvalue weighted by atomic mass is 10.1. The first-order chi connectivity index (χ1) is 6.25. The Hall–Kier alpha value is -0.830. The van der Waals surface area contributed by atoms with E-state index < -0.39 is 5.97 Å². The van der Waals surface area contributed by atoms with E-state index >= 15 is 0 Å². The fourth-order valence-electron chi connectivity index (χ4n) is 1.45. The van der Waals surface area contributed by atoms with Crippen molar-refractivity contribution in [1.29, 1.82) is 0 Å². The summed E-state index contributed by atoms with van der Waals surface area (Å²) in [6, 6.07) is 1.94. The van der Waals surface area contributed by atoms with Crippen LogP contribution in [0.15, 0.2) is 11.4 Å². The number of thiophene rings is 1. The van der Waals surface area contributed by atoms with Crippen LogP contribution in [0.4, 0.5) is 0 Å². The van der Waals surface area contributed by atoms with Gasteiger partial charge in [0.25, 0.3) is 0 Å². The molecule has 1 fully saturated rings. The number of hydrogen-bond acceptors (Lipinski definition) is 2. The molecular weight excluding hydrogens is 184 g/mol. The molecule has 70 valence electrons. The molecule has 0 bridgehead atoms. The Morgan fingerprint density at radius 3 is 3.00 bits per heavy atom. The van der Waals surface area contributed by atoms with Crippen LogP contribution in [0.3, 0.4) is 0 Å². The maximum Gasteiger partial charge on any atom is 0.307 e. The molecule has 0 amide bonds. The molecule has 1 aliphatic carbocycles. The lowest BCUT2D eigenvalue weighted by molar-refractivity contribution is -0.136. The lowest BCUT2D eigenvalue weighted by Crippen LogP contribution is -2.01. The molecule has 0 radical (unpaired) electrons. The minimum Gasteiger partial charge on any atom is -0.481 e. The summed E-state index contributed by atoms with van der Waals surface area (Å²) in [5.74, 6) is 0.113. The van der Waals surface area contributed by atoms with Gasteiger partial charge in [0, 0.05) is 4.88 Å². The molecule has 0 atom stereocenters. The summed E-state index contributed by atoms with van der Waals surface area (Å²) in [6.45, 7) is 0. The Labute approximate surface area is 81.2 Å². The zero-order chi connectivity index (χ0) is 9.26. The van der Waals surface area contributed by atoms with Gasteiger partial charge in [0.05, 0.1) is 6.42 Å². The largest absolute Gasteiger partial charge is 0.481 e. The molecule has 13 heavy (non-hydrogen) atoms. The van der Waals surface area contributed by atoms with E-state index in [-0.39, 0.29) is 6.42 Å². The van der Waals surface area contributed by atoms with Gasteiger partial charge in [-0.25, -0.2) is 0 Å². The quantitative estimate of drug-likeness (QED) is 0.802. The molecule has 3 heteroatoms. The zero-order valence-electron chi connectivity index (χ0n) is 7.32. The van der Waals surface area contributed by atoms with Gasteiger partial charge in [-0.2, -0.15) is 0 Å². The van der Waals surface area contributed by atoms with Crippen LogP contribution in [0.1, 0.15) is 23.3 Å². The van der Waals surface area contributed by atoms with E-state index in [1.807, 2.05) is 11.4 Å². The number of hydrogen-bond donors (Lipinski definition) is 1. The Bertz CT molecular complexity index is 312. The van der Waals surface area contributed by atoms with Crippen LogP contribution in [-0.2, 0) is 17.6 Å². The summed E-state index contributed by atoms with van der Waals surface area (Å²) >= 11 is 1.70. The minimum absolute atomic E-state index is 0.186. The average Bonchev–Trinajstić information content (AvgIpc) is 2.75. The smallest absolute Gasteiger partial charge is 0.307 e. The topological polar surface area (TPSA) is 37.3 Å². The van der Waals surface area contributed by atoms with E-state index in [1.165, 1.54) is 17.7 Å². The summed E-state index contributed by atoms with van der Waals surface area (Å²) in [4.78, 5) is 11.8. The van der Waals surface area contributed by atoms with Crippen molar-refractivity contribution >= 4 is 17.3 Å². The predicted octanol–water partition coefficient (Wildman–Crippen LogP) is 2.33. The van der Waals surface area contributed by atoms with E-state index in [0.717, 1.165) is 17.9 Å². The SMILES string of the molecule is O=C(O)Cc1ccsc1CC1CC1. The fourth-order valence-corrected chi connectivity index (χ4v) is 2.47. The van der Waals surface area contributed by atoms with Crippen molar-refractivity contribution in [1.82, 2.24) is 0 Å². The number of aliphatic carboxylic acids is 1. The van der Waals surface area contributed by atoms with Crippen LogP contribution in [0.2, 0.25) is 0 Å². The third-order valence-electron chi connectivity index (χ3n) is 2.35. The number of carbonyl (C=O) groups is 1. The van der Waals surface area contributed by atoms with Gasteiger partial charge in [0.1, 0.15) is 0 Å². The second-order valence-corrected chi connectivity index (χ2v) is 4.59. The molecule has 2 nitrogen and oxygen atoms in total. The van der Waals surface area contributed by atoms with Crippen LogP contribution in [0.25, 0.3) is 0 Å². The molecule has 0 aliphatic heterocycles. The molecule has 1 aromatic rings. The highest BCUT2D eigenvalue weighted by Crippen LogP contribution is 2.35. The highest BCUT2D eigenvalue weighted by Gasteiger charge is 2.23. The van der Waals surface area contributed by atoms with Gasteiger partial charge in [-0.3, -0.25) is 4.79 Å². The van der Waals surface area contributed by atoms with Gasteiger partial charge < -0.3 is 5.11 Å². The Kier molecular flexibility index (Phi) is 2.36. The van der Waals surface area contributed by atoms with Crippen molar-refractivity contribution < 1.29 is 9.90 Å². The molecule has 0 unspecified atom stereocenters. The normalized spacial score (nSPS) is 16.0. The van der Waals surface area contributed by atoms with Gasteiger partial charge in [0.15, 0.2) is 0 Å². The fraction of sp³-hybridized carbons (Fsp3) is 0.500. The highest BCUT2D eigenvalue weighted by molar-refractivity contribution is 7.10. The molecule has 2 rings (SSSR count). The van der Waals surface area contributed by atoms with Gasteiger partial charge >= 0.3 is 5.97 Å². The van der Waals surface area contributed by atoms with Crippen molar-refractivity contribution in [3.8, 4) is 0 Å². The first-order valence-electron chi connectivity index (χ1n) is 4.52. The van der Waals surface area contributed by atoms with Crippen molar-refractivity contribution in [2.24, 2.45) is 5.92 Å². The monoisotopic (exact) mass is 196 g/mol. The van der Waals surface area contributed by atoms with Crippen molar-refractivity contribution in [3.05, 3.63) is 21.9 Å². The summed E-state index contributed by atoms with van der Waals surface area (Å²) < 4.78 is 0. The van der Waals surface area contributed by atoms with E-state index in [1.54, 1.807) is 11.3 Å². The Morgan fingerprint density at radius 1 is 1.62 bits per heavy atom. The number of rotatable bonds is 4. The molecular formula is C10H12O2S. The number of carboxylic acids is 1. The predicted molar refractivity (Wildman–Crippen MR) is 52.1 cm³/mol. The lowest BCUT2D eigenvalue weighted by Gasteiger charge is -1.98. The molecule has 1 saturated carbocycles. The maximum absolute atomic E-state index is 10.5. The first kappa shape index (κ1) is 8.75. The second-order valence-electron chi connectivity index (χ2n) is 3.59. The highest BCUT2D eigenvalue weighted by atomic mass is 32.1. The van der Waals surface area contributed by atoms with Crippen LogP contribution in [0, 0.1) is 5.92 Å². The van der Waals surface area contributed by atoms with Gasteiger partial charge in [0.2, 0.25) is 0 Å². The van der Waals surface area contributed by atoms with Gasteiger partial charge in [-0.1, -0.05) is 0 Å². The van der Waals surface area contributed by atoms with E-state index in [9.17, 15) is 4.79 Å². The molecule has 1 aliphatic rings. The second kappa shape index (κ2) is 3.50. The number of carboxylic acid groups (broad SMARTS) is 1. The Balaban J connectivity index is 2.05. The standard InChI is InChI=1S/C10H12O2S/c11-10(12)6-8-3-4-13-9(8)5-7-1-2-7/h3-4,7H,1-2,5-6H2,(H,11,12). The summed E-state index contributed by atoms with van der Waals surface area (Å²) in [6.07, 6.45) is 3.93. The maximum atomic E-state index is 10.5. The molecule has 0 spiro atoms. The van der Waals surface area contributed by atoms with E-state index in [4.69, 9.17) is 5.11 Å². The van der Waals surface area contributed by atoms with Crippen molar-refractivity contribution in [2.75, 3.05) is 0 Å². The average molecular weight is 196 g/mol. The molecule has 0 aromatic carbocycles. The molecule has 1 aromatic heterocycles. The van der Waals surface area contributed by atoms with Crippen LogP contribution >= 0.6 is 11.3 Å².